The molecular weight excluding hydrogens is 180 g/mol. The number of hydrazine groups is 1. The van der Waals surface area contributed by atoms with E-state index < -0.39 is 0 Å². The maximum Gasteiger partial charge on any atom is 0.316 e. The molecule has 0 aromatic heterocycles. The zero-order valence-electron chi connectivity index (χ0n) is 6.57. The Labute approximate surface area is 74.6 Å². The fourth-order valence-corrected chi connectivity index (χ4v) is 1.21. The number of esters is 1. The number of carbonyl (C=O) groups is 1. The summed E-state index contributed by atoms with van der Waals surface area (Å²) in [4.78, 5) is 15.7. The largest absolute Gasteiger partial charge is 0.461 e. The number of nitrogens with one attached hydrogen (secondary N) is 1. The highest BCUT2D eigenvalue weighted by molar-refractivity contribution is 8.03. The summed E-state index contributed by atoms with van der Waals surface area (Å²) >= 11 is 1.24. The first-order chi connectivity index (χ1) is 5.72. The number of hydrogen-bond donors (Lipinski definition) is 1. The van der Waals surface area contributed by atoms with Crippen molar-refractivity contribution in [3.05, 3.63) is 18.4 Å². The van der Waals surface area contributed by atoms with Crippen LogP contribution in [0.2, 0.25) is 0 Å². The van der Waals surface area contributed by atoms with Crippen molar-refractivity contribution in [1.29, 1.82) is 0 Å². The van der Waals surface area contributed by atoms with Gasteiger partial charge in [0.1, 0.15) is 7.11 Å². The second-order valence-corrected chi connectivity index (χ2v) is 2.97. The highest BCUT2D eigenvalue weighted by Gasteiger charge is 2.12. The number of ether oxygens (including phenoxy) is 1. The second-order valence-electron chi connectivity index (χ2n) is 1.99. The predicted molar refractivity (Wildman–Crippen MR) is 44.0 cm³/mol. The number of hydroxylamine groups is 1. The molecule has 0 fully saturated rings. The minimum atomic E-state index is -0.376. The molecule has 6 heteroatoms. The smallest absolute Gasteiger partial charge is 0.316 e. The lowest BCUT2D eigenvalue weighted by molar-refractivity contribution is -0.135. The fraction of sp³-hybridized carbons (Fsp3) is 0.333. The molecule has 0 atom stereocenters. The molecule has 0 aromatic carbocycles. The van der Waals surface area contributed by atoms with Gasteiger partial charge in [-0.2, -0.15) is 0 Å². The molecule has 0 aliphatic carbocycles. The van der Waals surface area contributed by atoms with Crippen LogP contribution < -0.4 is 5.43 Å². The van der Waals surface area contributed by atoms with E-state index in [-0.39, 0.29) is 11.7 Å². The van der Waals surface area contributed by atoms with E-state index in [4.69, 9.17) is 4.84 Å². The lowest BCUT2D eigenvalue weighted by Crippen LogP contribution is -2.22. The molecule has 5 nitrogen and oxygen atoms in total. The first-order valence-corrected chi connectivity index (χ1v) is 4.16. The van der Waals surface area contributed by atoms with Gasteiger partial charge in [-0.1, -0.05) is 16.9 Å². The van der Waals surface area contributed by atoms with Crippen LogP contribution in [0.3, 0.4) is 0 Å². The van der Waals surface area contributed by atoms with Crippen molar-refractivity contribution in [2.45, 2.75) is 0 Å². The molecule has 0 bridgehead atoms. The van der Waals surface area contributed by atoms with Crippen LogP contribution in [-0.2, 0) is 14.4 Å². The molecule has 1 heterocycles. The van der Waals surface area contributed by atoms with Gasteiger partial charge in [0.05, 0.1) is 12.0 Å². The van der Waals surface area contributed by atoms with Crippen LogP contribution in [-0.4, -0.2) is 23.9 Å². The molecule has 0 amide bonds. The average Bonchev–Trinajstić information content (AvgIpc) is 2.47. The van der Waals surface area contributed by atoms with Gasteiger partial charge in [0.15, 0.2) is 0 Å². The Morgan fingerprint density at radius 3 is 3.25 bits per heavy atom. The van der Waals surface area contributed by atoms with Gasteiger partial charge in [-0.25, -0.2) is 0 Å². The number of rotatable bonds is 3. The molecular formula is C6H9N2O3S. The first kappa shape index (κ1) is 9.21. The zero-order chi connectivity index (χ0) is 8.97. The summed E-state index contributed by atoms with van der Waals surface area (Å²) in [6, 6.07) is 0. The second kappa shape index (κ2) is 4.22. The summed E-state index contributed by atoms with van der Waals surface area (Å²) in [5, 5.41) is 2.06. The van der Waals surface area contributed by atoms with Crippen LogP contribution in [0, 0.1) is 7.11 Å². The van der Waals surface area contributed by atoms with Crippen LogP contribution >= 0.6 is 11.8 Å². The minimum Gasteiger partial charge on any atom is -0.461 e. The predicted octanol–water partition coefficient (Wildman–Crippen LogP) is 0.235. The van der Waals surface area contributed by atoms with Crippen molar-refractivity contribution in [3.8, 4) is 0 Å². The standard InChI is InChI=1S/C6H9N2O3S/c1-8-7-3-6(11-8)12-4-5(9)10-2/h3,7H,2,4H2,1H3. The van der Waals surface area contributed by atoms with Crippen LogP contribution in [0.5, 0.6) is 0 Å². The van der Waals surface area contributed by atoms with E-state index in [1.807, 2.05) is 0 Å². The molecule has 1 aliphatic rings. The lowest BCUT2D eigenvalue weighted by Gasteiger charge is -2.07. The zero-order valence-corrected chi connectivity index (χ0v) is 7.39. The SMILES string of the molecule is [CH2]OC(=O)CSC1=CNN(C)O1. The molecule has 0 saturated carbocycles. The van der Waals surface area contributed by atoms with Gasteiger partial charge in [-0.05, 0) is 0 Å². The van der Waals surface area contributed by atoms with Gasteiger partial charge in [-0.15, -0.1) is 0 Å². The van der Waals surface area contributed by atoms with Crippen LogP contribution in [0.4, 0.5) is 0 Å². The van der Waals surface area contributed by atoms with E-state index in [0.29, 0.717) is 5.09 Å². The van der Waals surface area contributed by atoms with Crippen molar-refractivity contribution >= 4 is 17.7 Å². The molecule has 0 unspecified atom stereocenters. The summed E-state index contributed by atoms with van der Waals surface area (Å²) in [5.74, 6) is -0.177. The van der Waals surface area contributed by atoms with Gasteiger partial charge in [0.25, 0.3) is 0 Å². The van der Waals surface area contributed by atoms with E-state index in [1.54, 1.807) is 13.2 Å². The Hall–Kier alpha value is -0.880. The summed E-state index contributed by atoms with van der Waals surface area (Å²) in [6.07, 6.45) is 1.65. The van der Waals surface area contributed by atoms with E-state index in [9.17, 15) is 4.79 Å². The third-order valence-electron chi connectivity index (χ3n) is 1.08. The number of thioether (sulfide) groups is 1. The molecule has 0 aromatic rings. The van der Waals surface area contributed by atoms with Crippen LogP contribution in [0.25, 0.3) is 0 Å². The Balaban J connectivity index is 2.20. The molecule has 0 spiro atoms. The Morgan fingerprint density at radius 2 is 2.75 bits per heavy atom. The van der Waals surface area contributed by atoms with Crippen molar-refractivity contribution in [2.75, 3.05) is 12.8 Å². The van der Waals surface area contributed by atoms with Gasteiger partial charge in [0, 0.05) is 7.05 Å². The summed E-state index contributed by atoms with van der Waals surface area (Å²) in [6.45, 7) is 0. The molecule has 1 rings (SSSR count). The van der Waals surface area contributed by atoms with E-state index >= 15 is 0 Å². The monoisotopic (exact) mass is 189 g/mol. The van der Waals surface area contributed by atoms with Gasteiger partial charge in [0.2, 0.25) is 5.09 Å². The summed E-state index contributed by atoms with van der Waals surface area (Å²) in [7, 11) is 4.71. The molecule has 1 aliphatic heterocycles. The third kappa shape index (κ3) is 2.63. The highest BCUT2D eigenvalue weighted by atomic mass is 32.2. The molecule has 12 heavy (non-hydrogen) atoms. The number of nitrogens with zero attached hydrogens (tertiary/aromatic N) is 1. The maximum absolute atomic E-state index is 10.6. The number of hydrogen-bond acceptors (Lipinski definition) is 6. The van der Waals surface area contributed by atoms with E-state index in [1.165, 1.54) is 16.9 Å². The van der Waals surface area contributed by atoms with Crippen molar-refractivity contribution in [2.24, 2.45) is 0 Å². The fourth-order valence-electron chi connectivity index (χ4n) is 0.571. The van der Waals surface area contributed by atoms with Crippen molar-refractivity contribution in [1.82, 2.24) is 10.6 Å². The van der Waals surface area contributed by atoms with Gasteiger partial charge >= 0.3 is 5.97 Å². The van der Waals surface area contributed by atoms with Gasteiger partial charge < -0.3 is 9.57 Å². The number of carbonyl (C=O) groups excluding carboxylic acids is 1. The molecule has 67 valence electrons. The third-order valence-corrected chi connectivity index (χ3v) is 1.94. The van der Waals surface area contributed by atoms with Crippen LogP contribution in [0.1, 0.15) is 0 Å². The Kier molecular flexibility index (Phi) is 3.24. The van der Waals surface area contributed by atoms with Crippen molar-refractivity contribution < 1.29 is 14.4 Å². The van der Waals surface area contributed by atoms with E-state index in [0.717, 1.165) is 0 Å². The lowest BCUT2D eigenvalue weighted by atomic mass is 10.8. The van der Waals surface area contributed by atoms with Gasteiger partial charge in [-0.3, -0.25) is 10.2 Å². The average molecular weight is 189 g/mol. The van der Waals surface area contributed by atoms with E-state index in [2.05, 4.69) is 17.3 Å². The molecule has 0 saturated heterocycles. The molecule has 1 N–H and O–H groups in total. The normalized spacial score (nSPS) is 16.3. The Bertz CT molecular complexity index is 207. The van der Waals surface area contributed by atoms with Crippen LogP contribution in [0.15, 0.2) is 11.3 Å². The quantitative estimate of drug-likeness (QED) is 0.642. The first-order valence-electron chi connectivity index (χ1n) is 3.18. The maximum atomic E-state index is 10.6. The Morgan fingerprint density at radius 1 is 2.00 bits per heavy atom. The minimum absolute atomic E-state index is 0.199. The summed E-state index contributed by atoms with van der Waals surface area (Å²) in [5.41, 5.74) is 2.77. The topological polar surface area (TPSA) is 50.8 Å². The van der Waals surface area contributed by atoms with Crippen molar-refractivity contribution in [3.63, 3.8) is 0 Å². The summed E-state index contributed by atoms with van der Waals surface area (Å²) < 4.78 is 4.21. The highest BCUT2D eigenvalue weighted by Crippen LogP contribution is 2.19. The molecule has 1 radical (unpaired) electrons.